The van der Waals surface area contributed by atoms with Crippen LogP contribution in [0.5, 0.6) is 0 Å². The van der Waals surface area contributed by atoms with Gasteiger partial charge in [-0.3, -0.25) is 14.7 Å². The molecule has 0 aliphatic carbocycles. The van der Waals surface area contributed by atoms with Crippen molar-refractivity contribution in [3.05, 3.63) is 59.4 Å². The summed E-state index contributed by atoms with van der Waals surface area (Å²) in [5.41, 5.74) is -3.55. The molecule has 1 aromatic heterocycles. The third kappa shape index (κ3) is 5.32. The van der Waals surface area contributed by atoms with Crippen LogP contribution in [0.3, 0.4) is 0 Å². The Balaban J connectivity index is 2.03. The molecule has 1 atom stereocenters. The maximum absolute atomic E-state index is 13.2. The van der Waals surface area contributed by atoms with E-state index in [2.05, 4.69) is 10.3 Å². The summed E-state index contributed by atoms with van der Waals surface area (Å²) >= 11 is 0. The molecule has 1 amide bonds. The molecule has 1 aliphatic heterocycles. The van der Waals surface area contributed by atoms with Gasteiger partial charge in [-0.2, -0.15) is 26.3 Å². The van der Waals surface area contributed by atoms with Crippen LogP contribution in [0.2, 0.25) is 0 Å². The Hall–Kier alpha value is -2.70. The molecule has 6 nitrogen and oxygen atoms in total. The lowest BCUT2D eigenvalue weighted by Crippen LogP contribution is -2.52. The second-order valence-corrected chi connectivity index (χ2v) is 6.92. The molecule has 3 rings (SSSR count). The number of hydrogen-bond acceptors (Lipinski definition) is 5. The Morgan fingerprint density at radius 2 is 1.61 bits per heavy atom. The van der Waals surface area contributed by atoms with E-state index >= 15 is 0 Å². The van der Waals surface area contributed by atoms with Crippen LogP contribution in [-0.4, -0.2) is 42.0 Å². The van der Waals surface area contributed by atoms with Gasteiger partial charge in [-0.05, 0) is 30.3 Å². The highest BCUT2D eigenvalue weighted by Crippen LogP contribution is 2.38. The third-order valence-corrected chi connectivity index (χ3v) is 4.81. The number of halogens is 6. The number of hydrogen-bond donors (Lipinski definition) is 2. The van der Waals surface area contributed by atoms with Gasteiger partial charge in [0.25, 0.3) is 5.91 Å². The van der Waals surface area contributed by atoms with Gasteiger partial charge in [-0.15, -0.1) is 0 Å². The average Bonchev–Trinajstić information content (AvgIpc) is 2.73. The van der Waals surface area contributed by atoms with Gasteiger partial charge < -0.3 is 5.32 Å². The van der Waals surface area contributed by atoms with Crippen molar-refractivity contribution in [2.75, 3.05) is 31.2 Å². The number of carbonyl (C=O) groups is 1. The molecule has 3 N–H and O–H groups in total. The van der Waals surface area contributed by atoms with E-state index in [0.29, 0.717) is 43.3 Å². The maximum atomic E-state index is 13.2. The molecule has 1 unspecified atom stereocenters. The van der Waals surface area contributed by atoms with Gasteiger partial charge in [0.05, 0.1) is 22.5 Å². The minimum atomic E-state index is -5.06. The summed E-state index contributed by atoms with van der Waals surface area (Å²) in [6.45, 7) is 1.92. The van der Waals surface area contributed by atoms with Crippen LogP contribution in [0, 0.1) is 0 Å². The molecule has 1 fully saturated rings. The van der Waals surface area contributed by atoms with E-state index < -0.39 is 41.1 Å². The smallest absolute Gasteiger partial charge is 0.314 e. The number of aromatic nitrogens is 1. The molecule has 0 spiro atoms. The molecule has 2 heterocycles. The number of benzene rings is 1. The van der Waals surface area contributed by atoms with Crippen LogP contribution >= 0.6 is 0 Å². The number of pyridine rings is 1. The standard InChI is InChI=1S/C19H19F6N5O/c20-18(21,22)12-9-13(19(23,24)25)11-14(10-12)30(26)17(31)16(15-3-1-2-4-28-15)29-7-5-27-6-8-29/h1-4,9-11,16,27H,5-8,26H2. The Bertz CT molecular complexity index is 880. The summed E-state index contributed by atoms with van der Waals surface area (Å²) in [7, 11) is 0. The fourth-order valence-corrected chi connectivity index (χ4v) is 3.28. The molecule has 1 aliphatic rings. The summed E-state index contributed by atoms with van der Waals surface area (Å²) in [4.78, 5) is 19.1. The molecule has 12 heteroatoms. The molecule has 0 saturated carbocycles. The number of piperazine rings is 1. The Morgan fingerprint density at radius 3 is 2.10 bits per heavy atom. The van der Waals surface area contributed by atoms with Crippen LogP contribution in [0.25, 0.3) is 0 Å². The number of carbonyl (C=O) groups excluding carboxylic acids is 1. The molecule has 168 valence electrons. The highest BCUT2D eigenvalue weighted by atomic mass is 19.4. The zero-order valence-corrected chi connectivity index (χ0v) is 16.0. The first kappa shape index (κ1) is 23.0. The van der Waals surface area contributed by atoms with Gasteiger partial charge in [-0.25, -0.2) is 10.9 Å². The number of anilines is 1. The van der Waals surface area contributed by atoms with Crippen molar-refractivity contribution in [3.63, 3.8) is 0 Å². The minimum absolute atomic E-state index is 0.0195. The normalized spacial score (nSPS) is 16.7. The van der Waals surface area contributed by atoms with Crippen molar-refractivity contribution in [2.45, 2.75) is 18.4 Å². The van der Waals surface area contributed by atoms with Gasteiger partial charge in [0.15, 0.2) is 0 Å². The predicted molar refractivity (Wildman–Crippen MR) is 99.5 cm³/mol. The van der Waals surface area contributed by atoms with Crippen molar-refractivity contribution in [1.29, 1.82) is 0 Å². The maximum Gasteiger partial charge on any atom is 0.416 e. The van der Waals surface area contributed by atoms with Gasteiger partial charge in [0, 0.05) is 32.4 Å². The van der Waals surface area contributed by atoms with Crippen molar-refractivity contribution in [3.8, 4) is 0 Å². The summed E-state index contributed by atoms with van der Waals surface area (Å²) in [5.74, 6) is 4.89. The SMILES string of the molecule is NN(C(=O)C(c1ccccn1)N1CCNCC1)c1cc(C(F)(F)F)cc(C(F)(F)F)c1. The molecule has 2 aromatic rings. The Kier molecular flexibility index (Phi) is 6.53. The monoisotopic (exact) mass is 447 g/mol. The van der Waals surface area contributed by atoms with Crippen molar-refractivity contribution >= 4 is 11.6 Å². The zero-order valence-electron chi connectivity index (χ0n) is 16.0. The Morgan fingerprint density at radius 1 is 1.03 bits per heavy atom. The van der Waals surface area contributed by atoms with E-state index in [1.807, 2.05) is 0 Å². The van der Waals surface area contributed by atoms with Crippen LogP contribution in [0.15, 0.2) is 42.6 Å². The molecular weight excluding hydrogens is 428 g/mol. The number of amides is 1. The van der Waals surface area contributed by atoms with E-state index in [1.54, 1.807) is 23.1 Å². The van der Waals surface area contributed by atoms with E-state index in [-0.39, 0.29) is 11.8 Å². The van der Waals surface area contributed by atoms with E-state index in [0.717, 1.165) is 0 Å². The van der Waals surface area contributed by atoms with Crippen molar-refractivity contribution < 1.29 is 31.1 Å². The first-order valence-electron chi connectivity index (χ1n) is 9.22. The molecule has 1 saturated heterocycles. The second kappa shape index (κ2) is 8.81. The predicted octanol–water partition coefficient (Wildman–Crippen LogP) is 2.97. The van der Waals surface area contributed by atoms with E-state index in [4.69, 9.17) is 5.84 Å². The summed E-state index contributed by atoms with van der Waals surface area (Å²) < 4.78 is 79.1. The second-order valence-electron chi connectivity index (χ2n) is 6.92. The zero-order chi connectivity index (χ0) is 22.8. The quantitative estimate of drug-likeness (QED) is 0.326. The molecule has 0 radical (unpaired) electrons. The summed E-state index contributed by atoms with van der Waals surface area (Å²) in [5, 5.41) is 3.43. The van der Waals surface area contributed by atoms with Crippen LogP contribution in [0.1, 0.15) is 22.9 Å². The van der Waals surface area contributed by atoms with Crippen molar-refractivity contribution in [2.24, 2.45) is 5.84 Å². The number of rotatable bonds is 4. The number of alkyl halides is 6. The van der Waals surface area contributed by atoms with Gasteiger partial charge >= 0.3 is 12.4 Å². The van der Waals surface area contributed by atoms with Gasteiger partial charge in [0.1, 0.15) is 6.04 Å². The number of nitrogens with zero attached hydrogens (tertiary/aromatic N) is 3. The Labute approximate surface area is 173 Å². The first-order chi connectivity index (χ1) is 14.5. The van der Waals surface area contributed by atoms with Gasteiger partial charge in [-0.1, -0.05) is 6.07 Å². The first-order valence-corrected chi connectivity index (χ1v) is 9.22. The fraction of sp³-hybridized carbons (Fsp3) is 0.368. The third-order valence-electron chi connectivity index (χ3n) is 4.81. The highest BCUT2D eigenvalue weighted by molar-refractivity contribution is 5.96. The fourth-order valence-electron chi connectivity index (χ4n) is 3.28. The topological polar surface area (TPSA) is 74.5 Å². The number of nitrogens with two attached hydrogens (primary N) is 1. The van der Waals surface area contributed by atoms with E-state index in [9.17, 15) is 31.1 Å². The highest BCUT2D eigenvalue weighted by Gasteiger charge is 2.39. The van der Waals surface area contributed by atoms with Crippen LogP contribution in [-0.2, 0) is 17.1 Å². The molecule has 0 bridgehead atoms. The van der Waals surface area contributed by atoms with E-state index in [1.165, 1.54) is 6.20 Å². The van der Waals surface area contributed by atoms with Crippen LogP contribution in [0.4, 0.5) is 32.0 Å². The summed E-state index contributed by atoms with van der Waals surface area (Å²) in [6, 6.07) is 4.53. The number of nitrogens with one attached hydrogen (secondary N) is 1. The lowest BCUT2D eigenvalue weighted by Gasteiger charge is -2.35. The largest absolute Gasteiger partial charge is 0.416 e. The van der Waals surface area contributed by atoms with Gasteiger partial charge in [0.2, 0.25) is 0 Å². The minimum Gasteiger partial charge on any atom is -0.314 e. The lowest BCUT2D eigenvalue weighted by atomic mass is 10.1. The molecule has 1 aromatic carbocycles. The number of hydrazine groups is 1. The molecular formula is C19H19F6N5O. The van der Waals surface area contributed by atoms with Crippen molar-refractivity contribution in [1.82, 2.24) is 15.2 Å². The van der Waals surface area contributed by atoms with Crippen LogP contribution < -0.4 is 16.2 Å². The average molecular weight is 447 g/mol. The lowest BCUT2D eigenvalue weighted by molar-refractivity contribution is -0.143. The molecule has 31 heavy (non-hydrogen) atoms. The summed E-state index contributed by atoms with van der Waals surface area (Å²) in [6.07, 6.45) is -8.68.